The third kappa shape index (κ3) is 2.20. The molecule has 2 aliphatic rings. The third-order valence-electron chi connectivity index (χ3n) is 3.60. The molecule has 0 heteroatoms. The maximum atomic E-state index is 2.29. The van der Waals surface area contributed by atoms with Gasteiger partial charge in [0.15, 0.2) is 0 Å². The van der Waals surface area contributed by atoms with Gasteiger partial charge in [0.05, 0.1) is 0 Å². The molecule has 18 heavy (non-hydrogen) atoms. The van der Waals surface area contributed by atoms with Crippen molar-refractivity contribution in [2.24, 2.45) is 0 Å². The van der Waals surface area contributed by atoms with Gasteiger partial charge in [0.1, 0.15) is 0 Å². The van der Waals surface area contributed by atoms with Crippen molar-refractivity contribution < 1.29 is 0 Å². The summed E-state index contributed by atoms with van der Waals surface area (Å²) in [6.45, 7) is 13.2. The molecular formula is C18H22. The van der Waals surface area contributed by atoms with Crippen LogP contribution in [0.2, 0.25) is 0 Å². The zero-order valence-corrected chi connectivity index (χ0v) is 12.3. The summed E-state index contributed by atoms with van der Waals surface area (Å²) >= 11 is 0. The van der Waals surface area contributed by atoms with Crippen molar-refractivity contribution >= 4 is 0 Å². The lowest BCUT2D eigenvalue weighted by molar-refractivity contribution is 1.24. The lowest BCUT2D eigenvalue weighted by Gasteiger charge is -2.15. The molecule has 0 fully saturated rings. The van der Waals surface area contributed by atoms with E-state index in [-0.39, 0.29) is 0 Å². The Kier molecular flexibility index (Phi) is 3.30. The van der Waals surface area contributed by atoms with Crippen LogP contribution in [0, 0.1) is 0 Å². The van der Waals surface area contributed by atoms with E-state index >= 15 is 0 Å². The minimum atomic E-state index is 1.33. The molecule has 0 aromatic heterocycles. The molecule has 0 heterocycles. The summed E-state index contributed by atoms with van der Waals surface area (Å²) in [6.07, 6.45) is 9.16. The van der Waals surface area contributed by atoms with E-state index in [0.717, 1.165) is 0 Å². The average Bonchev–Trinajstić information content (AvgIpc) is 2.39. The van der Waals surface area contributed by atoms with Crippen LogP contribution in [0.15, 0.2) is 68.9 Å². The average molecular weight is 238 g/mol. The molecule has 2 aliphatic carbocycles. The van der Waals surface area contributed by atoms with Gasteiger partial charge in [-0.3, -0.25) is 0 Å². The maximum absolute atomic E-state index is 2.29. The lowest BCUT2D eigenvalue weighted by atomic mass is 9.89. The summed E-state index contributed by atoms with van der Waals surface area (Å²) in [6, 6.07) is 0. The second kappa shape index (κ2) is 4.61. The highest BCUT2D eigenvalue weighted by atomic mass is 14.2. The van der Waals surface area contributed by atoms with Crippen LogP contribution in [0.4, 0.5) is 0 Å². The summed E-state index contributed by atoms with van der Waals surface area (Å²) < 4.78 is 0. The van der Waals surface area contributed by atoms with Gasteiger partial charge in [-0.2, -0.15) is 0 Å². The highest BCUT2D eigenvalue weighted by Crippen LogP contribution is 2.37. The molecule has 0 aromatic carbocycles. The second-order valence-corrected chi connectivity index (χ2v) is 5.55. The van der Waals surface area contributed by atoms with Gasteiger partial charge in [0.2, 0.25) is 0 Å². The molecule has 0 saturated heterocycles. The first-order valence-corrected chi connectivity index (χ1v) is 6.56. The van der Waals surface area contributed by atoms with Gasteiger partial charge in [-0.25, -0.2) is 0 Å². The first kappa shape index (κ1) is 12.9. The fourth-order valence-electron chi connectivity index (χ4n) is 3.15. The minimum absolute atomic E-state index is 1.33. The zero-order chi connectivity index (χ0) is 13.4. The van der Waals surface area contributed by atoms with Crippen molar-refractivity contribution in [2.45, 2.75) is 41.5 Å². The minimum Gasteiger partial charge on any atom is -0.0557 e. The molecule has 0 nitrogen and oxygen atoms in total. The molecule has 94 valence electrons. The van der Waals surface area contributed by atoms with Crippen molar-refractivity contribution in [3.63, 3.8) is 0 Å². The third-order valence-corrected chi connectivity index (χ3v) is 3.60. The Morgan fingerprint density at radius 2 is 0.833 bits per heavy atom. The molecule has 0 saturated carbocycles. The van der Waals surface area contributed by atoms with Crippen LogP contribution in [-0.2, 0) is 0 Å². The van der Waals surface area contributed by atoms with E-state index in [4.69, 9.17) is 0 Å². The van der Waals surface area contributed by atoms with Crippen LogP contribution in [0.5, 0.6) is 0 Å². The molecular weight excluding hydrogens is 216 g/mol. The van der Waals surface area contributed by atoms with Gasteiger partial charge in [0, 0.05) is 0 Å². The van der Waals surface area contributed by atoms with E-state index in [0.29, 0.717) is 0 Å². The van der Waals surface area contributed by atoms with E-state index in [2.05, 4.69) is 65.8 Å². The Balaban J connectivity index is 2.83. The Labute approximate surface area is 111 Å². The molecule has 0 atom stereocenters. The van der Waals surface area contributed by atoms with E-state index in [1.807, 2.05) is 0 Å². The highest BCUT2D eigenvalue weighted by molar-refractivity contribution is 5.67. The Bertz CT molecular complexity index is 528. The summed E-state index contributed by atoms with van der Waals surface area (Å²) in [5.74, 6) is 0. The van der Waals surface area contributed by atoms with Crippen LogP contribution >= 0.6 is 0 Å². The number of fused-ring (bicyclic) bond motifs is 1. The predicted octanol–water partition coefficient (Wildman–Crippen LogP) is 5.43. The first-order chi connectivity index (χ1) is 8.40. The van der Waals surface area contributed by atoms with Gasteiger partial charge in [0.25, 0.3) is 0 Å². The molecule has 0 bridgehead atoms. The Morgan fingerprint density at radius 1 is 0.500 bits per heavy atom. The molecule has 0 radical (unpaired) electrons. The largest absolute Gasteiger partial charge is 0.0557 e. The quantitative estimate of drug-likeness (QED) is 0.527. The monoisotopic (exact) mass is 238 g/mol. The normalized spacial score (nSPS) is 20.6. The molecule has 2 rings (SSSR count). The van der Waals surface area contributed by atoms with Crippen molar-refractivity contribution in [3.05, 3.63) is 68.9 Å². The topological polar surface area (TPSA) is 0 Å². The molecule has 0 aliphatic heterocycles. The summed E-state index contributed by atoms with van der Waals surface area (Å²) in [5, 5.41) is 0. The van der Waals surface area contributed by atoms with Gasteiger partial charge in [-0.05, 0) is 75.0 Å². The molecule has 0 aromatic rings. The van der Waals surface area contributed by atoms with E-state index in [1.54, 1.807) is 0 Å². The van der Waals surface area contributed by atoms with Crippen LogP contribution < -0.4 is 0 Å². The van der Waals surface area contributed by atoms with Gasteiger partial charge in [-0.1, -0.05) is 35.5 Å². The predicted molar refractivity (Wildman–Crippen MR) is 80.4 cm³/mol. The van der Waals surface area contributed by atoms with Crippen molar-refractivity contribution in [1.82, 2.24) is 0 Å². The molecule has 0 spiro atoms. The number of hydrogen-bond donors (Lipinski definition) is 0. The van der Waals surface area contributed by atoms with Gasteiger partial charge in [-0.15, -0.1) is 0 Å². The number of rotatable bonds is 0. The van der Waals surface area contributed by atoms with Crippen molar-refractivity contribution in [1.29, 1.82) is 0 Å². The SMILES string of the molecule is CC1=CC(C)=C2C(C)=CC(C)=CC(C)=C2C(C)=C1. The lowest BCUT2D eigenvalue weighted by Crippen LogP contribution is -1.97. The number of allylic oxidation sites excluding steroid dienone is 12. The molecule has 0 N–H and O–H groups in total. The smallest absolute Gasteiger partial charge is 0.0120 e. The van der Waals surface area contributed by atoms with E-state index < -0.39 is 0 Å². The second-order valence-electron chi connectivity index (χ2n) is 5.55. The summed E-state index contributed by atoms with van der Waals surface area (Å²) in [5.41, 5.74) is 11.0. The fraction of sp³-hybridized carbons (Fsp3) is 0.333. The summed E-state index contributed by atoms with van der Waals surface area (Å²) in [7, 11) is 0. The highest BCUT2D eigenvalue weighted by Gasteiger charge is 2.18. The number of hydrogen-bond acceptors (Lipinski definition) is 0. The van der Waals surface area contributed by atoms with Crippen LogP contribution in [0.3, 0.4) is 0 Å². The molecule has 0 unspecified atom stereocenters. The van der Waals surface area contributed by atoms with Gasteiger partial charge >= 0.3 is 0 Å². The fourth-order valence-corrected chi connectivity index (χ4v) is 3.15. The molecule has 0 amide bonds. The van der Waals surface area contributed by atoms with Crippen LogP contribution in [0.1, 0.15) is 41.5 Å². The van der Waals surface area contributed by atoms with Crippen LogP contribution in [0.25, 0.3) is 0 Å². The zero-order valence-electron chi connectivity index (χ0n) is 12.3. The Hall–Kier alpha value is -1.56. The summed E-state index contributed by atoms with van der Waals surface area (Å²) in [4.78, 5) is 0. The van der Waals surface area contributed by atoms with Gasteiger partial charge < -0.3 is 0 Å². The standard InChI is InChI=1S/C18H22/c1-11-7-13(3)17-15(5)9-12(2)10-16(6)18(17)14(4)8-11/h7-10H,1-6H3. The Morgan fingerprint density at radius 3 is 1.17 bits per heavy atom. The first-order valence-electron chi connectivity index (χ1n) is 6.56. The van der Waals surface area contributed by atoms with Crippen molar-refractivity contribution in [2.75, 3.05) is 0 Å². The van der Waals surface area contributed by atoms with Crippen LogP contribution in [-0.4, -0.2) is 0 Å². The van der Waals surface area contributed by atoms with E-state index in [1.165, 1.54) is 44.6 Å². The maximum Gasteiger partial charge on any atom is -0.0120 e. The van der Waals surface area contributed by atoms with Crippen molar-refractivity contribution in [3.8, 4) is 0 Å². The van der Waals surface area contributed by atoms with E-state index in [9.17, 15) is 0 Å².